The van der Waals surface area contributed by atoms with Crippen molar-refractivity contribution in [2.45, 2.75) is 26.9 Å². The molecule has 0 saturated heterocycles. The van der Waals surface area contributed by atoms with Gasteiger partial charge >= 0.3 is 12.1 Å². The summed E-state index contributed by atoms with van der Waals surface area (Å²) in [7, 11) is 0. The van der Waals surface area contributed by atoms with Crippen molar-refractivity contribution in [1.29, 1.82) is 0 Å². The summed E-state index contributed by atoms with van der Waals surface area (Å²) in [5.41, 5.74) is -0.439. The smallest absolute Gasteiger partial charge is 0.416 e. The molecule has 0 bridgehead atoms. The number of rotatable bonds is 2. The van der Waals surface area contributed by atoms with Crippen LogP contribution in [0.1, 0.15) is 36.8 Å². The van der Waals surface area contributed by atoms with Crippen LogP contribution in [0.4, 0.5) is 13.2 Å². The molecule has 0 radical (unpaired) electrons. The van der Waals surface area contributed by atoms with Gasteiger partial charge in [-0.15, -0.1) is 0 Å². The molecule has 0 atom stereocenters. The first-order valence-electron chi connectivity index (χ1n) is 6.39. The van der Waals surface area contributed by atoms with E-state index in [2.05, 4.69) is 20.9 Å². The van der Waals surface area contributed by atoms with E-state index in [-0.39, 0.29) is 22.3 Å². The van der Waals surface area contributed by atoms with Gasteiger partial charge in [0.25, 0.3) is 0 Å². The Hall–Kier alpha value is -1.50. The van der Waals surface area contributed by atoms with Gasteiger partial charge in [-0.3, -0.25) is 0 Å². The Morgan fingerprint density at radius 1 is 1.29 bits per heavy atom. The Morgan fingerprint density at radius 2 is 1.90 bits per heavy atom. The van der Waals surface area contributed by atoms with Gasteiger partial charge < -0.3 is 9.72 Å². The van der Waals surface area contributed by atoms with Crippen LogP contribution in [-0.2, 0) is 10.9 Å². The molecule has 0 fully saturated rings. The summed E-state index contributed by atoms with van der Waals surface area (Å²) in [6.07, 6.45) is -4.44. The number of nitrogens with one attached hydrogen (secondary N) is 1. The molecule has 3 nitrogen and oxygen atoms in total. The molecule has 1 N–H and O–H groups in total. The molecule has 0 spiro atoms. The Balaban J connectivity index is 0.00000106. The third kappa shape index (κ3) is 4.00. The predicted octanol–water partition coefficient (Wildman–Crippen LogP) is 5.15. The monoisotopic (exact) mass is 365 g/mol. The molecule has 0 amide bonds. The van der Waals surface area contributed by atoms with Gasteiger partial charge in [-0.05, 0) is 25.1 Å². The van der Waals surface area contributed by atoms with E-state index >= 15 is 0 Å². The van der Waals surface area contributed by atoms with Gasteiger partial charge in [-0.25, -0.2) is 4.79 Å². The van der Waals surface area contributed by atoms with E-state index in [1.807, 2.05) is 13.8 Å². The quantitative estimate of drug-likeness (QED) is 0.747. The molecule has 0 aliphatic carbocycles. The normalized spacial score (nSPS) is 11.0. The number of aromatic amines is 1. The molecule has 116 valence electrons. The third-order valence-corrected chi connectivity index (χ3v) is 3.17. The number of carbonyl (C=O) groups excluding carboxylic acids is 1. The Morgan fingerprint density at radius 3 is 2.43 bits per heavy atom. The van der Waals surface area contributed by atoms with Crippen LogP contribution in [0.2, 0.25) is 0 Å². The molecule has 21 heavy (non-hydrogen) atoms. The van der Waals surface area contributed by atoms with Gasteiger partial charge in [-0.2, -0.15) is 13.2 Å². The SMILES string of the molecule is CC.CCOC(=O)c1cc2c(Br)cc(C(F)(F)F)cc2[nH]1. The Labute approximate surface area is 128 Å². The maximum atomic E-state index is 12.7. The van der Waals surface area contributed by atoms with Crippen molar-refractivity contribution >= 4 is 32.8 Å². The lowest BCUT2D eigenvalue weighted by Gasteiger charge is -2.07. The lowest BCUT2D eigenvalue weighted by molar-refractivity contribution is -0.137. The average Bonchev–Trinajstić information content (AvgIpc) is 2.85. The maximum absolute atomic E-state index is 12.7. The molecular formula is C14H15BrF3NO2. The number of aromatic nitrogens is 1. The first kappa shape index (κ1) is 17.6. The minimum absolute atomic E-state index is 0.122. The molecule has 0 unspecified atom stereocenters. The van der Waals surface area contributed by atoms with Gasteiger partial charge in [0.15, 0.2) is 0 Å². The fourth-order valence-electron chi connectivity index (χ4n) is 1.68. The van der Waals surface area contributed by atoms with E-state index in [0.29, 0.717) is 5.39 Å². The summed E-state index contributed by atoms with van der Waals surface area (Å²) in [4.78, 5) is 14.1. The van der Waals surface area contributed by atoms with E-state index in [1.165, 1.54) is 6.07 Å². The summed E-state index contributed by atoms with van der Waals surface area (Å²) in [5, 5.41) is 0.496. The second kappa shape index (κ2) is 6.98. The highest BCUT2D eigenvalue weighted by atomic mass is 79.9. The number of halogens is 4. The largest absolute Gasteiger partial charge is 0.461 e. The van der Waals surface area contributed by atoms with Crippen molar-refractivity contribution in [3.05, 3.63) is 33.9 Å². The van der Waals surface area contributed by atoms with Gasteiger partial charge in [0, 0.05) is 15.4 Å². The first-order chi connectivity index (χ1) is 9.82. The summed E-state index contributed by atoms with van der Waals surface area (Å²) < 4.78 is 43.0. The lowest BCUT2D eigenvalue weighted by Crippen LogP contribution is -2.05. The Kier molecular flexibility index (Phi) is 5.83. The molecule has 1 heterocycles. The zero-order valence-corrected chi connectivity index (χ0v) is 13.4. The zero-order valence-electron chi connectivity index (χ0n) is 11.8. The molecule has 7 heteroatoms. The number of hydrogen-bond acceptors (Lipinski definition) is 2. The molecule has 0 aliphatic rings. The second-order valence-electron chi connectivity index (χ2n) is 3.82. The number of benzene rings is 1. The van der Waals surface area contributed by atoms with Crippen molar-refractivity contribution < 1.29 is 22.7 Å². The van der Waals surface area contributed by atoms with Crippen molar-refractivity contribution in [2.75, 3.05) is 6.61 Å². The number of ether oxygens (including phenoxy) is 1. The fraction of sp³-hybridized carbons (Fsp3) is 0.357. The van der Waals surface area contributed by atoms with E-state index in [1.54, 1.807) is 6.92 Å². The molecule has 2 rings (SSSR count). The summed E-state index contributed by atoms with van der Waals surface area (Å²) in [6.45, 7) is 5.85. The van der Waals surface area contributed by atoms with Crippen LogP contribution < -0.4 is 0 Å². The number of fused-ring (bicyclic) bond motifs is 1. The summed E-state index contributed by atoms with van der Waals surface area (Å²) in [6, 6.07) is 3.39. The summed E-state index contributed by atoms with van der Waals surface area (Å²) >= 11 is 3.07. The number of H-pyrrole nitrogens is 1. The highest BCUT2D eigenvalue weighted by Gasteiger charge is 2.31. The molecular weight excluding hydrogens is 351 g/mol. The van der Waals surface area contributed by atoms with Crippen LogP contribution in [0.5, 0.6) is 0 Å². The highest BCUT2D eigenvalue weighted by molar-refractivity contribution is 9.10. The predicted molar refractivity (Wildman–Crippen MR) is 78.3 cm³/mol. The van der Waals surface area contributed by atoms with Gasteiger partial charge in [0.05, 0.1) is 12.2 Å². The van der Waals surface area contributed by atoms with Crippen molar-refractivity contribution in [3.8, 4) is 0 Å². The van der Waals surface area contributed by atoms with Crippen molar-refractivity contribution in [1.82, 2.24) is 4.98 Å². The van der Waals surface area contributed by atoms with E-state index < -0.39 is 17.7 Å². The standard InChI is InChI=1S/C12H9BrF3NO2.C2H6/c1-2-19-11(18)10-5-7-8(13)3-6(12(14,15)16)4-9(7)17-10;1-2/h3-5,17H,2H2,1H3;1-2H3. The average molecular weight is 366 g/mol. The minimum atomic E-state index is -4.44. The van der Waals surface area contributed by atoms with Crippen LogP contribution in [0.3, 0.4) is 0 Å². The third-order valence-electron chi connectivity index (χ3n) is 2.51. The molecule has 2 aromatic rings. The molecule has 1 aromatic heterocycles. The molecule has 1 aromatic carbocycles. The zero-order chi connectivity index (χ0) is 16.2. The lowest BCUT2D eigenvalue weighted by atomic mass is 10.1. The summed E-state index contributed by atoms with van der Waals surface area (Å²) in [5.74, 6) is -0.598. The number of hydrogen-bond donors (Lipinski definition) is 1. The number of alkyl halides is 3. The van der Waals surface area contributed by atoms with Gasteiger partial charge in [-0.1, -0.05) is 29.8 Å². The van der Waals surface area contributed by atoms with Crippen LogP contribution in [-0.4, -0.2) is 17.6 Å². The minimum Gasteiger partial charge on any atom is -0.461 e. The van der Waals surface area contributed by atoms with Crippen LogP contribution in [0.25, 0.3) is 10.9 Å². The van der Waals surface area contributed by atoms with E-state index in [4.69, 9.17) is 4.74 Å². The van der Waals surface area contributed by atoms with Crippen LogP contribution >= 0.6 is 15.9 Å². The first-order valence-corrected chi connectivity index (χ1v) is 7.19. The van der Waals surface area contributed by atoms with Crippen molar-refractivity contribution in [2.24, 2.45) is 0 Å². The highest BCUT2D eigenvalue weighted by Crippen LogP contribution is 2.35. The Bertz CT molecular complexity index is 635. The van der Waals surface area contributed by atoms with E-state index in [0.717, 1.165) is 12.1 Å². The topological polar surface area (TPSA) is 42.1 Å². The van der Waals surface area contributed by atoms with Gasteiger partial charge in [0.2, 0.25) is 0 Å². The maximum Gasteiger partial charge on any atom is 0.416 e. The second-order valence-corrected chi connectivity index (χ2v) is 4.67. The number of carbonyl (C=O) groups is 1. The van der Waals surface area contributed by atoms with Crippen molar-refractivity contribution in [3.63, 3.8) is 0 Å². The number of esters is 1. The van der Waals surface area contributed by atoms with Crippen LogP contribution in [0.15, 0.2) is 22.7 Å². The van der Waals surface area contributed by atoms with Crippen LogP contribution in [0, 0.1) is 0 Å². The van der Waals surface area contributed by atoms with E-state index in [9.17, 15) is 18.0 Å². The van der Waals surface area contributed by atoms with Gasteiger partial charge in [0.1, 0.15) is 5.69 Å². The fourth-order valence-corrected chi connectivity index (χ4v) is 2.25. The molecule has 0 saturated carbocycles. The molecule has 0 aliphatic heterocycles.